The summed E-state index contributed by atoms with van der Waals surface area (Å²) in [6.45, 7) is 5.35. The molecule has 2 rings (SSSR count). The first-order chi connectivity index (χ1) is 11.0. The van der Waals surface area contributed by atoms with Crippen molar-refractivity contribution in [1.82, 2.24) is 4.90 Å². The van der Waals surface area contributed by atoms with Crippen molar-refractivity contribution in [2.45, 2.75) is 25.3 Å². The molecular weight excluding hydrogens is 304 g/mol. The maximum absolute atomic E-state index is 12.3. The normalized spacial score (nSPS) is 10.8. The van der Waals surface area contributed by atoms with Gasteiger partial charge in [0, 0.05) is 11.4 Å². The van der Waals surface area contributed by atoms with Crippen LogP contribution >= 0.6 is 11.8 Å². The molecule has 0 saturated heterocycles. The largest absolute Gasteiger partial charge is 0.324 e. The van der Waals surface area contributed by atoms with Gasteiger partial charge in [-0.05, 0) is 50.4 Å². The van der Waals surface area contributed by atoms with E-state index in [1.807, 2.05) is 42.5 Å². The van der Waals surface area contributed by atoms with Crippen molar-refractivity contribution >= 4 is 23.4 Å². The van der Waals surface area contributed by atoms with Gasteiger partial charge in [-0.3, -0.25) is 9.69 Å². The van der Waals surface area contributed by atoms with Crippen molar-refractivity contribution in [2.24, 2.45) is 0 Å². The van der Waals surface area contributed by atoms with Crippen LogP contribution in [0.3, 0.4) is 0 Å². The molecule has 122 valence electrons. The lowest BCUT2D eigenvalue weighted by molar-refractivity contribution is -0.117. The van der Waals surface area contributed by atoms with Gasteiger partial charge in [0.2, 0.25) is 5.91 Å². The number of aryl methyl sites for hydroxylation is 2. The fourth-order valence-corrected chi connectivity index (χ4v) is 3.11. The molecular formula is C19H24N2OS. The lowest BCUT2D eigenvalue weighted by Gasteiger charge is -2.18. The van der Waals surface area contributed by atoms with Crippen LogP contribution in [-0.4, -0.2) is 30.7 Å². The summed E-state index contributed by atoms with van der Waals surface area (Å²) in [5, 5.41) is 3.00. The predicted octanol–water partition coefficient (Wildman–Crippen LogP) is 4.10. The van der Waals surface area contributed by atoms with Gasteiger partial charge in [-0.2, -0.15) is 0 Å². The number of hydrogen-bond acceptors (Lipinski definition) is 3. The molecule has 0 atom stereocenters. The third-order valence-electron chi connectivity index (χ3n) is 3.73. The number of nitrogens with one attached hydrogen (secondary N) is 1. The molecule has 0 radical (unpaired) electrons. The molecule has 0 spiro atoms. The van der Waals surface area contributed by atoms with Crippen LogP contribution < -0.4 is 5.32 Å². The maximum Gasteiger partial charge on any atom is 0.238 e. The first kappa shape index (κ1) is 17.6. The Morgan fingerprint density at radius 2 is 1.91 bits per heavy atom. The second-order valence-corrected chi connectivity index (χ2v) is 6.70. The lowest BCUT2D eigenvalue weighted by Crippen LogP contribution is -2.30. The summed E-state index contributed by atoms with van der Waals surface area (Å²) in [6.07, 6.45) is 2.01. The molecule has 4 heteroatoms. The smallest absolute Gasteiger partial charge is 0.238 e. The van der Waals surface area contributed by atoms with Gasteiger partial charge >= 0.3 is 0 Å². The Morgan fingerprint density at radius 1 is 1.17 bits per heavy atom. The summed E-state index contributed by atoms with van der Waals surface area (Å²) in [5.74, 6) is 0.0127. The first-order valence-electron chi connectivity index (χ1n) is 7.67. The number of hydrogen-bond donors (Lipinski definition) is 1. The van der Waals surface area contributed by atoms with E-state index in [0.717, 1.165) is 17.1 Å². The van der Waals surface area contributed by atoms with Crippen molar-refractivity contribution < 1.29 is 4.79 Å². The number of benzene rings is 2. The van der Waals surface area contributed by atoms with Gasteiger partial charge in [0.25, 0.3) is 0 Å². The van der Waals surface area contributed by atoms with Crippen molar-refractivity contribution in [3.63, 3.8) is 0 Å². The maximum atomic E-state index is 12.3. The van der Waals surface area contributed by atoms with Crippen LogP contribution in [0.1, 0.15) is 16.7 Å². The third kappa shape index (κ3) is 5.12. The minimum atomic E-state index is 0.0127. The molecule has 0 aliphatic carbocycles. The van der Waals surface area contributed by atoms with Gasteiger partial charge in [-0.15, -0.1) is 11.8 Å². The second-order valence-electron chi connectivity index (χ2n) is 5.85. The molecule has 23 heavy (non-hydrogen) atoms. The Kier molecular flexibility index (Phi) is 6.25. The molecule has 1 N–H and O–H groups in total. The quantitative estimate of drug-likeness (QED) is 0.811. The Balaban J connectivity index is 1.94. The highest BCUT2D eigenvalue weighted by atomic mass is 32.2. The summed E-state index contributed by atoms with van der Waals surface area (Å²) in [4.78, 5) is 15.4. The molecule has 3 nitrogen and oxygen atoms in total. The summed E-state index contributed by atoms with van der Waals surface area (Å²) >= 11 is 1.63. The van der Waals surface area contributed by atoms with Gasteiger partial charge in [-0.1, -0.05) is 35.9 Å². The molecule has 0 aliphatic heterocycles. The number of nitrogens with zero attached hydrogens (tertiary/aromatic N) is 1. The highest BCUT2D eigenvalue weighted by Gasteiger charge is 2.10. The number of likely N-dealkylation sites (N-methyl/N-ethyl adjacent to an activating group) is 1. The minimum absolute atomic E-state index is 0.0127. The van der Waals surface area contributed by atoms with E-state index in [-0.39, 0.29) is 5.91 Å². The van der Waals surface area contributed by atoms with Crippen LogP contribution in [0, 0.1) is 13.8 Å². The Hall–Kier alpha value is -1.78. The van der Waals surface area contributed by atoms with E-state index >= 15 is 0 Å². The predicted molar refractivity (Wildman–Crippen MR) is 99.1 cm³/mol. The van der Waals surface area contributed by atoms with E-state index in [4.69, 9.17) is 0 Å². The zero-order valence-corrected chi connectivity index (χ0v) is 15.0. The fraction of sp³-hybridized carbons (Fsp3) is 0.316. The molecule has 2 aromatic rings. The number of thioether (sulfide) groups is 1. The van der Waals surface area contributed by atoms with Crippen molar-refractivity contribution in [1.29, 1.82) is 0 Å². The van der Waals surface area contributed by atoms with Gasteiger partial charge in [-0.25, -0.2) is 0 Å². The van der Waals surface area contributed by atoms with Gasteiger partial charge in [0.05, 0.1) is 12.2 Å². The van der Waals surface area contributed by atoms with Gasteiger partial charge < -0.3 is 5.32 Å². The number of anilines is 1. The van der Waals surface area contributed by atoms with Crippen molar-refractivity contribution in [3.05, 3.63) is 59.2 Å². The van der Waals surface area contributed by atoms with E-state index in [9.17, 15) is 4.79 Å². The molecule has 1 amide bonds. The second kappa shape index (κ2) is 8.18. The number of amides is 1. The molecule has 0 fully saturated rings. The first-order valence-corrected chi connectivity index (χ1v) is 8.89. The molecule has 2 aromatic carbocycles. The van der Waals surface area contributed by atoms with Crippen LogP contribution in [0.5, 0.6) is 0 Å². The van der Waals surface area contributed by atoms with Crippen molar-refractivity contribution in [2.75, 3.05) is 25.2 Å². The number of rotatable bonds is 6. The highest BCUT2D eigenvalue weighted by Crippen LogP contribution is 2.24. The highest BCUT2D eigenvalue weighted by molar-refractivity contribution is 7.98. The van der Waals surface area contributed by atoms with E-state index in [2.05, 4.69) is 37.4 Å². The van der Waals surface area contributed by atoms with Crippen LogP contribution in [0.25, 0.3) is 0 Å². The monoisotopic (exact) mass is 328 g/mol. The van der Waals surface area contributed by atoms with E-state index in [1.54, 1.807) is 11.8 Å². The lowest BCUT2D eigenvalue weighted by atomic mass is 10.1. The Morgan fingerprint density at radius 3 is 2.61 bits per heavy atom. The standard InChI is InChI=1S/C19H24N2OS/c1-14-9-10-16(15(2)11-14)12-21(3)13-19(22)20-17-7-5-6-8-18(17)23-4/h5-11H,12-13H2,1-4H3,(H,20,22). The molecule has 0 saturated carbocycles. The van der Waals surface area contributed by atoms with E-state index in [0.29, 0.717) is 6.54 Å². The van der Waals surface area contributed by atoms with Crippen molar-refractivity contribution in [3.8, 4) is 0 Å². The topological polar surface area (TPSA) is 32.3 Å². The molecule has 0 heterocycles. The summed E-state index contributed by atoms with van der Waals surface area (Å²) in [7, 11) is 1.97. The third-order valence-corrected chi connectivity index (χ3v) is 4.53. The SMILES string of the molecule is CSc1ccccc1NC(=O)CN(C)Cc1ccc(C)cc1C. The average Bonchev–Trinajstić information content (AvgIpc) is 2.50. The Bertz CT molecular complexity index is 685. The molecule has 0 aromatic heterocycles. The molecule has 0 bridgehead atoms. The zero-order chi connectivity index (χ0) is 16.8. The van der Waals surface area contributed by atoms with Crippen LogP contribution in [0.4, 0.5) is 5.69 Å². The fourth-order valence-electron chi connectivity index (χ4n) is 2.55. The summed E-state index contributed by atoms with van der Waals surface area (Å²) in [6, 6.07) is 14.3. The molecule has 0 unspecified atom stereocenters. The Labute approximate surface area is 143 Å². The minimum Gasteiger partial charge on any atom is -0.324 e. The number of para-hydroxylation sites is 1. The average molecular weight is 328 g/mol. The van der Waals surface area contributed by atoms with E-state index < -0.39 is 0 Å². The van der Waals surface area contributed by atoms with Crippen LogP contribution in [-0.2, 0) is 11.3 Å². The number of carbonyl (C=O) groups excluding carboxylic acids is 1. The summed E-state index contributed by atoms with van der Waals surface area (Å²) in [5.41, 5.74) is 4.67. The zero-order valence-electron chi connectivity index (χ0n) is 14.2. The molecule has 0 aliphatic rings. The van der Waals surface area contributed by atoms with Crippen LogP contribution in [0.15, 0.2) is 47.4 Å². The van der Waals surface area contributed by atoms with E-state index in [1.165, 1.54) is 16.7 Å². The summed E-state index contributed by atoms with van der Waals surface area (Å²) < 4.78 is 0. The van der Waals surface area contributed by atoms with Gasteiger partial charge in [0.1, 0.15) is 0 Å². The number of carbonyl (C=O) groups is 1. The van der Waals surface area contributed by atoms with Crippen LogP contribution in [0.2, 0.25) is 0 Å². The van der Waals surface area contributed by atoms with Gasteiger partial charge in [0.15, 0.2) is 0 Å².